The first-order chi connectivity index (χ1) is 13.4. The predicted octanol–water partition coefficient (Wildman–Crippen LogP) is 1.59. The molecule has 0 spiro atoms. The molecule has 2 amide bonds. The Balaban J connectivity index is 1.42. The van der Waals surface area contributed by atoms with Crippen LogP contribution >= 0.6 is 0 Å². The van der Waals surface area contributed by atoms with Gasteiger partial charge in [0, 0.05) is 37.2 Å². The van der Waals surface area contributed by atoms with Crippen LogP contribution in [0, 0.1) is 17.8 Å². The highest BCUT2D eigenvalue weighted by molar-refractivity contribution is 5.94. The fraction of sp³-hybridized carbons (Fsp3) is 0.714. The molecule has 7 heteroatoms. The second kappa shape index (κ2) is 6.42. The van der Waals surface area contributed by atoms with Crippen LogP contribution in [0.25, 0.3) is 0 Å². The van der Waals surface area contributed by atoms with Crippen molar-refractivity contribution in [2.45, 2.75) is 63.3 Å². The molecule has 1 aromatic rings. The lowest BCUT2D eigenvalue weighted by Crippen LogP contribution is -2.50. The topological polar surface area (TPSA) is 95.2 Å². The van der Waals surface area contributed by atoms with E-state index in [0.29, 0.717) is 13.1 Å². The lowest BCUT2D eigenvalue weighted by Gasteiger charge is -2.56. The summed E-state index contributed by atoms with van der Waals surface area (Å²) < 4.78 is 0. The summed E-state index contributed by atoms with van der Waals surface area (Å²) in [5.74, 6) is 2.68. The fourth-order valence-electron chi connectivity index (χ4n) is 6.58. The number of nitrogens with one attached hydrogen (secondary N) is 2. The summed E-state index contributed by atoms with van der Waals surface area (Å²) in [6.07, 6.45) is 9.08. The molecule has 1 saturated heterocycles. The molecule has 1 aromatic heterocycles. The molecule has 5 fully saturated rings. The van der Waals surface area contributed by atoms with Crippen molar-refractivity contribution in [3.05, 3.63) is 27.9 Å². The maximum absolute atomic E-state index is 13.0. The molecule has 1 atom stereocenters. The molecule has 4 bridgehead atoms. The van der Waals surface area contributed by atoms with Gasteiger partial charge in [0.2, 0.25) is 5.91 Å². The fourth-order valence-corrected chi connectivity index (χ4v) is 6.58. The Hall–Kier alpha value is -2.18. The molecule has 5 aliphatic rings. The van der Waals surface area contributed by atoms with E-state index in [1.165, 1.54) is 25.5 Å². The average molecular weight is 384 g/mol. The first-order valence-electron chi connectivity index (χ1n) is 10.6. The normalized spacial score (nSPS) is 36.9. The number of rotatable bonds is 2. The Bertz CT molecular complexity index is 841. The van der Waals surface area contributed by atoms with Crippen molar-refractivity contribution in [3.63, 3.8) is 0 Å². The van der Waals surface area contributed by atoms with E-state index in [1.807, 2.05) is 6.92 Å². The van der Waals surface area contributed by atoms with E-state index in [-0.39, 0.29) is 40.8 Å². The molecule has 4 aliphatic carbocycles. The second-order valence-electron chi connectivity index (χ2n) is 9.57. The molecule has 2 heterocycles. The maximum atomic E-state index is 13.0. The van der Waals surface area contributed by atoms with Crippen LogP contribution in [0.4, 0.5) is 0 Å². The zero-order chi connectivity index (χ0) is 19.5. The molecule has 0 radical (unpaired) electrons. The average Bonchev–Trinajstić information content (AvgIpc) is 2.81. The number of amides is 2. The van der Waals surface area contributed by atoms with Gasteiger partial charge < -0.3 is 15.2 Å². The third kappa shape index (κ3) is 2.86. The Morgan fingerprint density at radius 3 is 2.39 bits per heavy atom. The van der Waals surface area contributed by atoms with Gasteiger partial charge in [0.15, 0.2) is 0 Å². The first-order valence-corrected chi connectivity index (χ1v) is 10.6. The van der Waals surface area contributed by atoms with Crippen molar-refractivity contribution in [2.75, 3.05) is 13.1 Å². The highest BCUT2D eigenvalue weighted by Crippen LogP contribution is 2.59. The summed E-state index contributed by atoms with van der Waals surface area (Å²) in [6.45, 7) is 2.61. The van der Waals surface area contributed by atoms with Gasteiger partial charge in [-0.25, -0.2) is 4.98 Å². The molecule has 28 heavy (non-hydrogen) atoms. The van der Waals surface area contributed by atoms with E-state index in [4.69, 9.17) is 0 Å². The van der Waals surface area contributed by atoms with Gasteiger partial charge in [0.05, 0.1) is 0 Å². The van der Waals surface area contributed by atoms with Gasteiger partial charge in [-0.3, -0.25) is 14.4 Å². The van der Waals surface area contributed by atoms with Crippen molar-refractivity contribution in [1.82, 2.24) is 20.2 Å². The molecular formula is C21H28N4O3. The van der Waals surface area contributed by atoms with Crippen LogP contribution in [-0.4, -0.2) is 45.8 Å². The summed E-state index contributed by atoms with van der Waals surface area (Å²) >= 11 is 0. The minimum atomic E-state index is -0.346. The van der Waals surface area contributed by atoms with Crippen LogP contribution in [0.3, 0.4) is 0 Å². The number of hydrogen-bond acceptors (Lipinski definition) is 4. The standard InChI is InChI=1S/C21H28N4O3/c1-12-10-22-17(26)2-3-25(12)19(28)16-11-23-20(24-18(16)27)21-7-13-4-14(8-21)6-15(5-13)9-21/h11-15H,2-10H2,1H3,(H,22,26)(H,23,24,27). The Morgan fingerprint density at radius 1 is 1.14 bits per heavy atom. The van der Waals surface area contributed by atoms with Crippen molar-refractivity contribution in [2.24, 2.45) is 17.8 Å². The Labute approximate surface area is 164 Å². The molecular weight excluding hydrogens is 356 g/mol. The minimum Gasteiger partial charge on any atom is -0.354 e. The Morgan fingerprint density at radius 2 is 1.79 bits per heavy atom. The molecule has 4 saturated carbocycles. The molecule has 150 valence electrons. The van der Waals surface area contributed by atoms with E-state index >= 15 is 0 Å². The molecule has 1 aliphatic heterocycles. The number of hydrogen-bond donors (Lipinski definition) is 2. The maximum Gasteiger partial charge on any atom is 0.263 e. The van der Waals surface area contributed by atoms with E-state index in [2.05, 4.69) is 15.3 Å². The zero-order valence-corrected chi connectivity index (χ0v) is 16.4. The Kier molecular flexibility index (Phi) is 4.10. The van der Waals surface area contributed by atoms with Gasteiger partial charge in [0.1, 0.15) is 11.4 Å². The van der Waals surface area contributed by atoms with Crippen LogP contribution in [0.15, 0.2) is 11.0 Å². The van der Waals surface area contributed by atoms with Gasteiger partial charge >= 0.3 is 0 Å². The lowest BCUT2D eigenvalue weighted by atomic mass is 9.49. The van der Waals surface area contributed by atoms with Crippen LogP contribution in [0.5, 0.6) is 0 Å². The number of aromatic amines is 1. The van der Waals surface area contributed by atoms with Gasteiger partial charge in [-0.1, -0.05) is 0 Å². The zero-order valence-electron chi connectivity index (χ0n) is 16.4. The van der Waals surface area contributed by atoms with Gasteiger partial charge in [-0.15, -0.1) is 0 Å². The van der Waals surface area contributed by atoms with Crippen molar-refractivity contribution in [3.8, 4) is 0 Å². The molecule has 1 unspecified atom stereocenters. The van der Waals surface area contributed by atoms with Crippen LogP contribution in [0.2, 0.25) is 0 Å². The largest absolute Gasteiger partial charge is 0.354 e. The number of nitrogens with zero attached hydrogens (tertiary/aromatic N) is 2. The summed E-state index contributed by atoms with van der Waals surface area (Å²) in [5.41, 5.74) is -0.266. The van der Waals surface area contributed by atoms with Crippen LogP contribution in [0.1, 0.15) is 68.1 Å². The van der Waals surface area contributed by atoms with Crippen molar-refractivity contribution >= 4 is 11.8 Å². The molecule has 0 aromatic carbocycles. The molecule has 6 rings (SSSR count). The second-order valence-corrected chi connectivity index (χ2v) is 9.57. The highest BCUT2D eigenvalue weighted by Gasteiger charge is 2.53. The third-order valence-electron chi connectivity index (χ3n) is 7.54. The summed E-state index contributed by atoms with van der Waals surface area (Å²) in [7, 11) is 0. The quantitative estimate of drug-likeness (QED) is 0.809. The van der Waals surface area contributed by atoms with Gasteiger partial charge in [-0.05, 0) is 63.2 Å². The lowest BCUT2D eigenvalue weighted by molar-refractivity contribution is -0.120. The summed E-state index contributed by atoms with van der Waals surface area (Å²) in [4.78, 5) is 46.7. The van der Waals surface area contributed by atoms with Gasteiger partial charge in [0.25, 0.3) is 11.5 Å². The van der Waals surface area contributed by atoms with E-state index < -0.39 is 0 Å². The van der Waals surface area contributed by atoms with E-state index in [1.54, 1.807) is 4.90 Å². The van der Waals surface area contributed by atoms with Crippen molar-refractivity contribution < 1.29 is 9.59 Å². The molecule has 2 N–H and O–H groups in total. The van der Waals surface area contributed by atoms with Crippen molar-refractivity contribution in [1.29, 1.82) is 0 Å². The first kappa shape index (κ1) is 17.9. The highest BCUT2D eigenvalue weighted by atomic mass is 16.2. The third-order valence-corrected chi connectivity index (χ3v) is 7.54. The number of carbonyl (C=O) groups excluding carboxylic acids is 2. The number of aromatic nitrogens is 2. The number of carbonyl (C=O) groups is 2. The van der Waals surface area contributed by atoms with E-state index in [0.717, 1.165) is 42.8 Å². The molecule has 7 nitrogen and oxygen atoms in total. The summed E-state index contributed by atoms with van der Waals surface area (Å²) in [6, 6.07) is -0.152. The predicted molar refractivity (Wildman–Crippen MR) is 103 cm³/mol. The van der Waals surface area contributed by atoms with Crippen LogP contribution < -0.4 is 10.9 Å². The van der Waals surface area contributed by atoms with Gasteiger partial charge in [-0.2, -0.15) is 0 Å². The minimum absolute atomic E-state index is 0.00171. The van der Waals surface area contributed by atoms with E-state index in [9.17, 15) is 14.4 Å². The number of H-pyrrole nitrogens is 1. The van der Waals surface area contributed by atoms with Crippen LogP contribution in [-0.2, 0) is 10.2 Å². The smallest absolute Gasteiger partial charge is 0.263 e. The SMILES string of the molecule is CC1CNC(=O)CCN1C(=O)c1cnc(C23CC4CC(CC(C4)C2)C3)[nH]c1=O. The monoisotopic (exact) mass is 384 g/mol. The summed E-state index contributed by atoms with van der Waals surface area (Å²) in [5, 5.41) is 2.79.